The minimum absolute atomic E-state index is 0.186. The molecule has 0 aliphatic carbocycles. The van der Waals surface area contributed by atoms with Crippen molar-refractivity contribution < 1.29 is 4.79 Å². The summed E-state index contributed by atoms with van der Waals surface area (Å²) in [5.74, 6) is 1.35. The molecule has 25 heavy (non-hydrogen) atoms. The van der Waals surface area contributed by atoms with Crippen LogP contribution >= 0.6 is 23.4 Å². The number of hydrogen-bond acceptors (Lipinski definition) is 5. The molecule has 2 N–H and O–H groups in total. The molecule has 0 bridgehead atoms. The summed E-state index contributed by atoms with van der Waals surface area (Å²) in [6.45, 7) is 2.03. The molecular weight excluding hydrogens is 358 g/mol. The maximum Gasteiger partial charge on any atom is 0.258 e. The Morgan fingerprint density at radius 1 is 1.28 bits per heavy atom. The first-order valence-corrected chi connectivity index (χ1v) is 9.07. The molecule has 0 unspecified atom stereocenters. The molecule has 3 aromatic rings. The molecule has 6 nitrogen and oxygen atoms in total. The molecule has 0 aliphatic rings. The zero-order chi connectivity index (χ0) is 17.6. The Balaban J connectivity index is 1.58. The fourth-order valence-corrected chi connectivity index (χ4v) is 3.06. The zero-order valence-corrected chi connectivity index (χ0v) is 15.1. The number of aromatic nitrogens is 4. The van der Waals surface area contributed by atoms with Gasteiger partial charge in [-0.3, -0.25) is 9.89 Å². The second kappa shape index (κ2) is 8.13. The summed E-state index contributed by atoms with van der Waals surface area (Å²) in [4.78, 5) is 20.5. The van der Waals surface area contributed by atoms with Crippen LogP contribution in [0.3, 0.4) is 0 Å². The van der Waals surface area contributed by atoms with Crippen LogP contribution in [0.1, 0.15) is 28.7 Å². The van der Waals surface area contributed by atoms with Crippen LogP contribution in [0.4, 0.5) is 5.69 Å². The molecular formula is C17H16ClN5OS. The Kier molecular flexibility index (Phi) is 5.67. The molecule has 128 valence electrons. The van der Waals surface area contributed by atoms with E-state index in [0.717, 1.165) is 28.7 Å². The molecule has 3 rings (SSSR count). The minimum atomic E-state index is -0.284. The van der Waals surface area contributed by atoms with Crippen molar-refractivity contribution in [1.82, 2.24) is 20.2 Å². The topological polar surface area (TPSA) is 83.6 Å². The molecule has 0 saturated heterocycles. The number of halogens is 1. The Morgan fingerprint density at radius 3 is 2.76 bits per heavy atom. The SMILES string of the molecule is CCc1nc(SCc2ccc(NC(=O)c3cccnc3Cl)cc2)n[nH]1. The van der Waals surface area contributed by atoms with Crippen molar-refractivity contribution in [2.24, 2.45) is 0 Å². The lowest BCUT2D eigenvalue weighted by Crippen LogP contribution is -2.12. The smallest absolute Gasteiger partial charge is 0.258 e. The monoisotopic (exact) mass is 373 g/mol. The lowest BCUT2D eigenvalue weighted by Gasteiger charge is -2.07. The normalized spacial score (nSPS) is 10.6. The Morgan fingerprint density at radius 2 is 2.08 bits per heavy atom. The number of pyridine rings is 1. The Hall–Kier alpha value is -2.38. The van der Waals surface area contributed by atoms with Gasteiger partial charge < -0.3 is 5.32 Å². The van der Waals surface area contributed by atoms with E-state index in [4.69, 9.17) is 11.6 Å². The molecule has 2 heterocycles. The van der Waals surface area contributed by atoms with E-state index in [-0.39, 0.29) is 11.1 Å². The van der Waals surface area contributed by atoms with E-state index in [1.807, 2.05) is 31.2 Å². The van der Waals surface area contributed by atoms with Gasteiger partial charge in [-0.05, 0) is 29.8 Å². The van der Waals surface area contributed by atoms with Crippen LogP contribution in [-0.2, 0) is 12.2 Å². The molecule has 0 saturated carbocycles. The van der Waals surface area contributed by atoms with Crippen molar-refractivity contribution in [2.75, 3.05) is 5.32 Å². The highest BCUT2D eigenvalue weighted by Crippen LogP contribution is 2.21. The standard InChI is InChI=1S/C17H16ClN5OS/c1-2-14-21-17(23-22-14)25-10-11-5-7-12(8-6-11)20-16(24)13-4-3-9-19-15(13)18/h3-9H,2,10H2,1H3,(H,20,24)(H,21,22,23). The van der Waals surface area contributed by atoms with Crippen LogP contribution in [0.2, 0.25) is 5.15 Å². The number of H-pyrrole nitrogens is 1. The number of carbonyl (C=O) groups excluding carboxylic acids is 1. The van der Waals surface area contributed by atoms with Crippen molar-refractivity contribution in [3.05, 3.63) is 64.7 Å². The van der Waals surface area contributed by atoms with Gasteiger partial charge in [-0.25, -0.2) is 9.97 Å². The maximum absolute atomic E-state index is 12.2. The van der Waals surface area contributed by atoms with E-state index < -0.39 is 0 Å². The number of aryl methyl sites for hydroxylation is 1. The molecule has 0 fully saturated rings. The van der Waals surface area contributed by atoms with Gasteiger partial charge in [0, 0.05) is 24.1 Å². The average Bonchev–Trinajstić information content (AvgIpc) is 3.09. The van der Waals surface area contributed by atoms with Crippen LogP contribution in [-0.4, -0.2) is 26.1 Å². The van der Waals surface area contributed by atoms with Crippen molar-refractivity contribution in [2.45, 2.75) is 24.3 Å². The summed E-state index contributed by atoms with van der Waals surface area (Å²) in [5, 5.41) is 10.8. The van der Waals surface area contributed by atoms with Crippen LogP contribution in [0.5, 0.6) is 0 Å². The average molecular weight is 374 g/mol. The molecule has 1 amide bonds. The van der Waals surface area contributed by atoms with Gasteiger partial charge in [0.1, 0.15) is 11.0 Å². The van der Waals surface area contributed by atoms with Gasteiger partial charge in [-0.1, -0.05) is 42.4 Å². The quantitative estimate of drug-likeness (QED) is 0.504. The number of carbonyl (C=O) groups is 1. The van der Waals surface area contributed by atoms with Crippen LogP contribution < -0.4 is 5.32 Å². The number of benzene rings is 1. The van der Waals surface area contributed by atoms with Gasteiger partial charge in [0.25, 0.3) is 5.91 Å². The number of amides is 1. The van der Waals surface area contributed by atoms with Crippen LogP contribution in [0.25, 0.3) is 0 Å². The highest BCUT2D eigenvalue weighted by molar-refractivity contribution is 7.98. The van der Waals surface area contributed by atoms with E-state index >= 15 is 0 Å². The lowest BCUT2D eigenvalue weighted by atomic mass is 10.2. The fraction of sp³-hybridized carbons (Fsp3) is 0.176. The summed E-state index contributed by atoms with van der Waals surface area (Å²) in [6, 6.07) is 10.9. The third-order valence-electron chi connectivity index (χ3n) is 3.43. The highest BCUT2D eigenvalue weighted by atomic mass is 35.5. The predicted octanol–water partition coefficient (Wildman–Crippen LogP) is 3.96. The van der Waals surface area contributed by atoms with Crippen molar-refractivity contribution >= 4 is 35.0 Å². The van der Waals surface area contributed by atoms with E-state index in [1.165, 1.54) is 0 Å². The summed E-state index contributed by atoms with van der Waals surface area (Å²) < 4.78 is 0. The molecule has 2 aromatic heterocycles. The van der Waals surface area contributed by atoms with Crippen LogP contribution in [0, 0.1) is 0 Å². The van der Waals surface area contributed by atoms with Gasteiger partial charge in [0.05, 0.1) is 5.56 Å². The van der Waals surface area contributed by atoms with Crippen LogP contribution in [0.15, 0.2) is 47.8 Å². The van der Waals surface area contributed by atoms with E-state index in [1.54, 1.807) is 30.1 Å². The lowest BCUT2D eigenvalue weighted by molar-refractivity contribution is 0.102. The second-order valence-electron chi connectivity index (χ2n) is 5.20. The maximum atomic E-state index is 12.2. The van der Waals surface area contributed by atoms with Gasteiger partial charge in [-0.2, -0.15) is 0 Å². The number of nitrogens with zero attached hydrogens (tertiary/aromatic N) is 3. The third kappa shape index (κ3) is 4.58. The van der Waals surface area contributed by atoms with E-state index in [0.29, 0.717) is 11.3 Å². The molecule has 1 aromatic carbocycles. The zero-order valence-electron chi connectivity index (χ0n) is 13.5. The minimum Gasteiger partial charge on any atom is -0.322 e. The van der Waals surface area contributed by atoms with Gasteiger partial charge in [-0.15, -0.1) is 5.10 Å². The Labute approximate surface area is 154 Å². The summed E-state index contributed by atoms with van der Waals surface area (Å²) in [7, 11) is 0. The first-order chi connectivity index (χ1) is 12.2. The largest absolute Gasteiger partial charge is 0.322 e. The summed E-state index contributed by atoms with van der Waals surface area (Å²) in [6.07, 6.45) is 2.38. The van der Waals surface area contributed by atoms with E-state index in [2.05, 4.69) is 25.5 Å². The van der Waals surface area contributed by atoms with Gasteiger partial charge in [0.15, 0.2) is 0 Å². The Bertz CT molecular complexity index is 865. The number of aromatic amines is 1. The molecule has 0 aliphatic heterocycles. The molecule has 0 radical (unpaired) electrons. The molecule has 8 heteroatoms. The first kappa shape index (κ1) is 17.4. The predicted molar refractivity (Wildman–Crippen MR) is 99.0 cm³/mol. The summed E-state index contributed by atoms with van der Waals surface area (Å²) >= 11 is 7.49. The van der Waals surface area contributed by atoms with Gasteiger partial charge >= 0.3 is 0 Å². The summed E-state index contributed by atoms with van der Waals surface area (Å²) in [5.41, 5.74) is 2.16. The highest BCUT2D eigenvalue weighted by Gasteiger charge is 2.11. The molecule has 0 atom stereocenters. The van der Waals surface area contributed by atoms with Crippen molar-refractivity contribution in [1.29, 1.82) is 0 Å². The van der Waals surface area contributed by atoms with Crippen molar-refractivity contribution in [3.63, 3.8) is 0 Å². The fourth-order valence-electron chi connectivity index (χ4n) is 2.09. The third-order valence-corrected chi connectivity index (χ3v) is 4.65. The number of hydrogen-bond donors (Lipinski definition) is 2. The van der Waals surface area contributed by atoms with E-state index in [9.17, 15) is 4.79 Å². The first-order valence-electron chi connectivity index (χ1n) is 7.70. The van der Waals surface area contributed by atoms with Gasteiger partial charge in [0.2, 0.25) is 5.16 Å². The molecule has 0 spiro atoms. The number of anilines is 1. The second-order valence-corrected chi connectivity index (χ2v) is 6.50. The van der Waals surface area contributed by atoms with Crippen molar-refractivity contribution in [3.8, 4) is 0 Å². The number of thioether (sulfide) groups is 1. The number of nitrogens with one attached hydrogen (secondary N) is 2. The number of rotatable bonds is 6.